The van der Waals surface area contributed by atoms with Gasteiger partial charge in [0.2, 0.25) is 5.91 Å². The summed E-state index contributed by atoms with van der Waals surface area (Å²) in [5, 5.41) is 9.22. The number of nitrogens with two attached hydrogens (primary N) is 1. The summed E-state index contributed by atoms with van der Waals surface area (Å²) in [6, 6.07) is 5.29. The molecule has 102 valence electrons. The highest BCUT2D eigenvalue weighted by molar-refractivity contribution is 6.02. The number of carbonyl (C=O) groups excluding carboxylic acids is 1. The topological polar surface area (TPSA) is 83.6 Å². The van der Waals surface area contributed by atoms with Crippen molar-refractivity contribution in [1.29, 1.82) is 0 Å². The van der Waals surface area contributed by atoms with Crippen molar-refractivity contribution >= 4 is 23.3 Å². The van der Waals surface area contributed by atoms with Crippen LogP contribution in [0.2, 0.25) is 0 Å². The summed E-state index contributed by atoms with van der Waals surface area (Å²) in [4.78, 5) is 24.8. The molecule has 1 aromatic carbocycles. The zero-order valence-corrected chi connectivity index (χ0v) is 11.1. The van der Waals surface area contributed by atoms with Gasteiger partial charge in [-0.1, -0.05) is 13.8 Å². The van der Waals surface area contributed by atoms with Gasteiger partial charge in [0.15, 0.2) is 0 Å². The lowest BCUT2D eigenvalue weighted by Crippen LogP contribution is -2.37. The highest BCUT2D eigenvalue weighted by Crippen LogP contribution is 2.31. The zero-order chi connectivity index (χ0) is 14.2. The van der Waals surface area contributed by atoms with E-state index in [0.717, 1.165) is 11.3 Å². The van der Waals surface area contributed by atoms with Crippen molar-refractivity contribution in [2.45, 2.75) is 20.3 Å². The number of anilines is 2. The van der Waals surface area contributed by atoms with E-state index in [1.165, 1.54) is 0 Å². The smallest absolute Gasteiger partial charge is 0.308 e. The van der Waals surface area contributed by atoms with E-state index in [0.29, 0.717) is 12.1 Å². The van der Waals surface area contributed by atoms with Gasteiger partial charge >= 0.3 is 5.97 Å². The highest BCUT2D eigenvalue weighted by Gasteiger charge is 2.32. The second-order valence-corrected chi connectivity index (χ2v) is 5.26. The fraction of sp³-hybridized carbons (Fsp3) is 0.429. The molecular formula is C14H18N2O3. The van der Waals surface area contributed by atoms with Crippen LogP contribution in [-0.2, 0) is 16.0 Å². The molecule has 3 N–H and O–H groups in total. The van der Waals surface area contributed by atoms with E-state index in [9.17, 15) is 14.7 Å². The summed E-state index contributed by atoms with van der Waals surface area (Å²) in [5.41, 5.74) is 7.97. The van der Waals surface area contributed by atoms with Crippen LogP contribution < -0.4 is 10.6 Å². The first kappa shape index (κ1) is 13.4. The van der Waals surface area contributed by atoms with E-state index in [1.807, 2.05) is 13.8 Å². The first-order chi connectivity index (χ1) is 8.90. The molecule has 0 bridgehead atoms. The Balaban J connectivity index is 2.27. The standard InChI is InChI=1S/C14H18N2O3/c1-8(2)11(14(18)19)7-16-12-4-3-10(15)5-9(12)6-13(16)17/h3-5,8,11H,6-7,15H2,1-2H3,(H,18,19). The number of aliphatic carboxylic acids is 1. The van der Waals surface area contributed by atoms with Gasteiger partial charge in [0.25, 0.3) is 0 Å². The lowest BCUT2D eigenvalue weighted by Gasteiger charge is -2.24. The number of rotatable bonds is 4. The highest BCUT2D eigenvalue weighted by atomic mass is 16.4. The molecule has 0 aromatic heterocycles. The number of carboxylic acid groups (broad SMARTS) is 1. The van der Waals surface area contributed by atoms with Gasteiger partial charge in [0, 0.05) is 17.9 Å². The first-order valence-electron chi connectivity index (χ1n) is 6.31. The average molecular weight is 262 g/mol. The number of amides is 1. The maximum absolute atomic E-state index is 12.0. The van der Waals surface area contributed by atoms with Crippen molar-refractivity contribution in [3.05, 3.63) is 23.8 Å². The Bertz CT molecular complexity index is 525. The van der Waals surface area contributed by atoms with E-state index in [2.05, 4.69) is 0 Å². The first-order valence-corrected chi connectivity index (χ1v) is 6.31. The molecule has 1 atom stereocenters. The molecule has 0 aliphatic carbocycles. The molecule has 2 rings (SSSR count). The SMILES string of the molecule is CC(C)C(CN1C(=O)Cc2cc(N)ccc21)C(=O)O. The van der Waals surface area contributed by atoms with E-state index in [4.69, 9.17) is 5.73 Å². The number of hydrogen-bond acceptors (Lipinski definition) is 3. The number of benzene rings is 1. The van der Waals surface area contributed by atoms with Crippen molar-refractivity contribution in [3.8, 4) is 0 Å². The summed E-state index contributed by atoms with van der Waals surface area (Å²) in [7, 11) is 0. The molecule has 5 nitrogen and oxygen atoms in total. The number of nitrogens with zero attached hydrogens (tertiary/aromatic N) is 1. The summed E-state index contributed by atoms with van der Waals surface area (Å²) < 4.78 is 0. The van der Waals surface area contributed by atoms with E-state index >= 15 is 0 Å². The molecule has 1 heterocycles. The number of nitrogen functional groups attached to an aromatic ring is 1. The second kappa shape index (κ2) is 4.91. The van der Waals surface area contributed by atoms with Crippen LogP contribution in [0.25, 0.3) is 0 Å². The van der Waals surface area contributed by atoms with Crippen LogP contribution in [0.4, 0.5) is 11.4 Å². The van der Waals surface area contributed by atoms with Crippen LogP contribution in [-0.4, -0.2) is 23.5 Å². The lowest BCUT2D eigenvalue weighted by atomic mass is 9.95. The van der Waals surface area contributed by atoms with Crippen LogP contribution in [0, 0.1) is 11.8 Å². The molecule has 1 aliphatic rings. The zero-order valence-electron chi connectivity index (χ0n) is 11.1. The third-order valence-electron chi connectivity index (χ3n) is 3.54. The molecule has 19 heavy (non-hydrogen) atoms. The van der Waals surface area contributed by atoms with E-state index in [-0.39, 0.29) is 18.4 Å². The van der Waals surface area contributed by atoms with Gasteiger partial charge in [0.05, 0.1) is 12.3 Å². The van der Waals surface area contributed by atoms with Crippen LogP contribution in [0.15, 0.2) is 18.2 Å². The molecule has 0 fully saturated rings. The van der Waals surface area contributed by atoms with Gasteiger partial charge in [0.1, 0.15) is 0 Å². The van der Waals surface area contributed by atoms with Crippen molar-refractivity contribution in [3.63, 3.8) is 0 Å². The molecular weight excluding hydrogens is 244 g/mol. The van der Waals surface area contributed by atoms with Gasteiger partial charge in [-0.3, -0.25) is 9.59 Å². The Morgan fingerprint density at radius 1 is 1.47 bits per heavy atom. The monoisotopic (exact) mass is 262 g/mol. The predicted octanol–water partition coefficient (Wildman–Crippen LogP) is 1.51. The van der Waals surface area contributed by atoms with Crippen molar-refractivity contribution in [2.75, 3.05) is 17.2 Å². The molecule has 5 heteroatoms. The minimum Gasteiger partial charge on any atom is -0.481 e. The fourth-order valence-electron chi connectivity index (χ4n) is 2.37. The van der Waals surface area contributed by atoms with Gasteiger partial charge in [-0.15, -0.1) is 0 Å². The minimum atomic E-state index is -0.869. The Kier molecular flexibility index (Phi) is 3.46. The van der Waals surface area contributed by atoms with E-state index < -0.39 is 11.9 Å². The Labute approximate surface area is 112 Å². The van der Waals surface area contributed by atoms with Crippen LogP contribution >= 0.6 is 0 Å². The number of carbonyl (C=O) groups is 2. The summed E-state index contributed by atoms with van der Waals surface area (Å²) in [6.45, 7) is 3.91. The Morgan fingerprint density at radius 2 is 2.16 bits per heavy atom. The molecule has 0 spiro atoms. The fourth-order valence-corrected chi connectivity index (χ4v) is 2.37. The predicted molar refractivity (Wildman–Crippen MR) is 72.9 cm³/mol. The van der Waals surface area contributed by atoms with E-state index in [1.54, 1.807) is 23.1 Å². The van der Waals surface area contributed by atoms with Crippen molar-refractivity contribution in [1.82, 2.24) is 0 Å². The summed E-state index contributed by atoms with van der Waals surface area (Å²) in [6.07, 6.45) is 0.296. The molecule has 1 aliphatic heterocycles. The van der Waals surface area contributed by atoms with Crippen LogP contribution in [0.1, 0.15) is 19.4 Å². The second-order valence-electron chi connectivity index (χ2n) is 5.26. The maximum Gasteiger partial charge on any atom is 0.308 e. The van der Waals surface area contributed by atoms with Crippen molar-refractivity contribution < 1.29 is 14.7 Å². The molecule has 0 saturated carbocycles. The van der Waals surface area contributed by atoms with Gasteiger partial charge < -0.3 is 15.7 Å². The van der Waals surface area contributed by atoms with Gasteiger partial charge in [-0.25, -0.2) is 0 Å². The lowest BCUT2D eigenvalue weighted by molar-refractivity contribution is -0.142. The number of fused-ring (bicyclic) bond motifs is 1. The van der Waals surface area contributed by atoms with Crippen LogP contribution in [0.3, 0.4) is 0 Å². The minimum absolute atomic E-state index is 0.0249. The Hall–Kier alpha value is -2.04. The molecule has 1 amide bonds. The summed E-state index contributed by atoms with van der Waals surface area (Å²) >= 11 is 0. The maximum atomic E-state index is 12.0. The Morgan fingerprint density at radius 3 is 2.74 bits per heavy atom. The van der Waals surface area contributed by atoms with Gasteiger partial charge in [-0.05, 0) is 29.7 Å². The quantitative estimate of drug-likeness (QED) is 0.806. The molecule has 1 aromatic rings. The largest absolute Gasteiger partial charge is 0.481 e. The van der Waals surface area contributed by atoms with Gasteiger partial charge in [-0.2, -0.15) is 0 Å². The summed E-state index contributed by atoms with van der Waals surface area (Å²) in [5.74, 6) is -1.52. The number of hydrogen-bond donors (Lipinski definition) is 2. The average Bonchev–Trinajstić information content (AvgIpc) is 2.60. The molecule has 0 radical (unpaired) electrons. The van der Waals surface area contributed by atoms with Crippen molar-refractivity contribution in [2.24, 2.45) is 11.8 Å². The molecule has 0 saturated heterocycles. The van der Waals surface area contributed by atoms with Crippen LogP contribution in [0.5, 0.6) is 0 Å². The number of carboxylic acids is 1. The normalized spacial score (nSPS) is 15.7. The third-order valence-corrected chi connectivity index (χ3v) is 3.54. The third kappa shape index (κ3) is 2.54. The molecule has 1 unspecified atom stereocenters.